The number of hydrogen-bond donors (Lipinski definition) is 1. The first-order valence-electron chi connectivity index (χ1n) is 12.4. The Morgan fingerprint density at radius 2 is 1.80 bits per heavy atom. The summed E-state index contributed by atoms with van der Waals surface area (Å²) in [6, 6.07) is 13.5. The third-order valence-electron chi connectivity index (χ3n) is 6.39. The molecular weight excluding hydrogens is 442 g/mol. The summed E-state index contributed by atoms with van der Waals surface area (Å²) in [5.74, 6) is 0.925. The molecule has 35 heavy (non-hydrogen) atoms. The topological polar surface area (TPSA) is 88.3 Å². The quantitative estimate of drug-likeness (QED) is 0.477. The molecule has 186 valence electrons. The molecule has 4 rings (SSSR count). The fourth-order valence-electron chi connectivity index (χ4n) is 4.41. The molecule has 1 atom stereocenters. The number of hydrogen-bond acceptors (Lipinski definition) is 6. The number of aromatic nitrogens is 4. The van der Waals surface area contributed by atoms with Crippen LogP contribution in [0.5, 0.6) is 0 Å². The van der Waals surface area contributed by atoms with Crippen LogP contribution >= 0.6 is 0 Å². The fourth-order valence-corrected chi connectivity index (χ4v) is 4.41. The largest absolute Gasteiger partial charge is 0.354 e. The highest BCUT2D eigenvalue weighted by atomic mass is 16.2. The number of pyridine rings is 1. The number of carbonyl (C=O) groups excluding carboxylic acids is 1. The number of nitrogens with zero attached hydrogens (tertiary/aromatic N) is 6. The van der Waals surface area contributed by atoms with Crippen LogP contribution in [-0.4, -0.2) is 62.9 Å². The molecule has 2 aromatic heterocycles. The molecule has 3 aromatic rings. The van der Waals surface area contributed by atoms with Crippen LogP contribution in [0.25, 0.3) is 5.69 Å². The van der Waals surface area contributed by atoms with Crippen LogP contribution in [-0.2, 0) is 4.79 Å². The Morgan fingerprint density at radius 3 is 2.40 bits per heavy atom. The van der Waals surface area contributed by atoms with Crippen molar-refractivity contribution >= 4 is 11.7 Å². The van der Waals surface area contributed by atoms with Gasteiger partial charge in [-0.05, 0) is 38.0 Å². The average molecular weight is 478 g/mol. The van der Waals surface area contributed by atoms with Gasteiger partial charge < -0.3 is 10.2 Å². The molecule has 1 aliphatic heterocycles. The summed E-state index contributed by atoms with van der Waals surface area (Å²) in [7, 11) is 0. The molecule has 0 saturated carbocycles. The van der Waals surface area contributed by atoms with Gasteiger partial charge >= 0.3 is 5.69 Å². The van der Waals surface area contributed by atoms with Crippen molar-refractivity contribution in [2.45, 2.75) is 45.7 Å². The maximum Gasteiger partial charge on any atom is 0.350 e. The van der Waals surface area contributed by atoms with E-state index in [2.05, 4.69) is 32.1 Å². The Balaban J connectivity index is 1.43. The number of unbranched alkanes of at least 4 members (excludes halogenated alkanes) is 1. The van der Waals surface area contributed by atoms with Crippen molar-refractivity contribution in [1.82, 2.24) is 29.5 Å². The minimum atomic E-state index is -0.296. The van der Waals surface area contributed by atoms with Gasteiger partial charge in [-0.25, -0.2) is 19.0 Å². The molecule has 9 heteroatoms. The lowest BCUT2D eigenvalue weighted by Crippen LogP contribution is -2.51. The molecule has 3 heterocycles. The SMILES string of the molecule is CCCCNC(=O)C(c1ccccc1)N1CCN(c2ccc(-n3cnn(C(C)C)c3=O)cn2)CC1. The molecule has 1 N–H and O–H groups in total. The Kier molecular flexibility index (Phi) is 7.97. The van der Waals surface area contributed by atoms with Crippen LogP contribution in [0.2, 0.25) is 0 Å². The summed E-state index contributed by atoms with van der Waals surface area (Å²) in [5, 5.41) is 7.30. The lowest BCUT2D eigenvalue weighted by molar-refractivity contribution is -0.126. The predicted octanol–water partition coefficient (Wildman–Crippen LogP) is 2.79. The second-order valence-corrected chi connectivity index (χ2v) is 9.18. The lowest BCUT2D eigenvalue weighted by atomic mass is 10.0. The molecule has 1 unspecified atom stereocenters. The zero-order valence-electron chi connectivity index (χ0n) is 20.8. The molecule has 0 bridgehead atoms. The van der Waals surface area contributed by atoms with E-state index in [9.17, 15) is 9.59 Å². The van der Waals surface area contributed by atoms with Gasteiger partial charge in [-0.2, -0.15) is 5.10 Å². The molecule has 1 aliphatic rings. The highest BCUT2D eigenvalue weighted by Gasteiger charge is 2.30. The first-order valence-corrected chi connectivity index (χ1v) is 12.4. The minimum absolute atomic E-state index is 0.000663. The van der Waals surface area contributed by atoms with Crippen molar-refractivity contribution in [1.29, 1.82) is 0 Å². The number of amides is 1. The molecule has 0 radical (unpaired) electrons. The predicted molar refractivity (Wildman–Crippen MR) is 137 cm³/mol. The smallest absolute Gasteiger partial charge is 0.350 e. The Labute approximate surface area is 206 Å². The van der Waals surface area contributed by atoms with Crippen molar-refractivity contribution in [2.24, 2.45) is 0 Å². The number of benzene rings is 1. The number of anilines is 1. The summed E-state index contributed by atoms with van der Waals surface area (Å²) < 4.78 is 2.96. The molecule has 1 aromatic carbocycles. The van der Waals surface area contributed by atoms with E-state index < -0.39 is 0 Å². The number of nitrogens with one attached hydrogen (secondary N) is 1. The zero-order valence-corrected chi connectivity index (χ0v) is 20.8. The highest BCUT2D eigenvalue weighted by molar-refractivity contribution is 5.83. The zero-order chi connectivity index (χ0) is 24.8. The number of rotatable bonds is 9. The van der Waals surface area contributed by atoms with Crippen LogP contribution in [0.15, 0.2) is 59.8 Å². The van der Waals surface area contributed by atoms with Gasteiger partial charge in [-0.1, -0.05) is 43.7 Å². The van der Waals surface area contributed by atoms with E-state index in [1.165, 1.54) is 15.6 Å². The van der Waals surface area contributed by atoms with Crippen molar-refractivity contribution in [3.63, 3.8) is 0 Å². The van der Waals surface area contributed by atoms with Crippen LogP contribution in [0.1, 0.15) is 51.3 Å². The second kappa shape index (κ2) is 11.3. The Bertz CT molecular complexity index is 1150. The van der Waals surface area contributed by atoms with Gasteiger partial charge in [0.05, 0.1) is 17.9 Å². The molecule has 0 spiro atoms. The normalized spacial score (nSPS) is 15.4. The van der Waals surface area contributed by atoms with Crippen molar-refractivity contribution in [3.8, 4) is 5.69 Å². The van der Waals surface area contributed by atoms with Crippen LogP contribution < -0.4 is 15.9 Å². The summed E-state index contributed by atoms with van der Waals surface area (Å²) in [5.41, 5.74) is 1.54. The lowest BCUT2D eigenvalue weighted by Gasteiger charge is -2.39. The van der Waals surface area contributed by atoms with Gasteiger partial charge in [0, 0.05) is 32.7 Å². The van der Waals surface area contributed by atoms with E-state index in [1.807, 2.05) is 56.3 Å². The van der Waals surface area contributed by atoms with Gasteiger partial charge in [-0.3, -0.25) is 9.69 Å². The third-order valence-corrected chi connectivity index (χ3v) is 6.39. The fraction of sp³-hybridized carbons (Fsp3) is 0.462. The molecule has 1 saturated heterocycles. The van der Waals surface area contributed by atoms with E-state index in [0.29, 0.717) is 12.2 Å². The Morgan fingerprint density at radius 1 is 1.06 bits per heavy atom. The molecule has 1 amide bonds. The maximum absolute atomic E-state index is 13.1. The van der Waals surface area contributed by atoms with E-state index >= 15 is 0 Å². The van der Waals surface area contributed by atoms with Crippen LogP contribution in [0, 0.1) is 0 Å². The van der Waals surface area contributed by atoms with E-state index in [1.54, 1.807) is 6.20 Å². The molecule has 1 fully saturated rings. The number of piperazine rings is 1. The Hall–Kier alpha value is -3.46. The minimum Gasteiger partial charge on any atom is -0.354 e. The average Bonchev–Trinajstić information content (AvgIpc) is 3.27. The highest BCUT2D eigenvalue weighted by Crippen LogP contribution is 2.24. The van der Waals surface area contributed by atoms with Crippen LogP contribution in [0.3, 0.4) is 0 Å². The van der Waals surface area contributed by atoms with E-state index in [-0.39, 0.29) is 23.7 Å². The first kappa shape index (κ1) is 24.7. The summed E-state index contributed by atoms with van der Waals surface area (Å²) in [6.07, 6.45) is 5.28. The van der Waals surface area contributed by atoms with Crippen molar-refractivity contribution in [2.75, 3.05) is 37.6 Å². The summed E-state index contributed by atoms with van der Waals surface area (Å²) in [4.78, 5) is 34.7. The maximum atomic E-state index is 13.1. The number of carbonyl (C=O) groups is 1. The van der Waals surface area contributed by atoms with E-state index in [0.717, 1.165) is 50.4 Å². The van der Waals surface area contributed by atoms with Crippen molar-refractivity contribution in [3.05, 3.63) is 71.0 Å². The summed E-state index contributed by atoms with van der Waals surface area (Å²) >= 11 is 0. The molecular formula is C26H35N7O2. The third kappa shape index (κ3) is 5.62. The van der Waals surface area contributed by atoms with Gasteiger partial charge in [0.1, 0.15) is 18.2 Å². The second-order valence-electron chi connectivity index (χ2n) is 9.18. The standard InChI is InChI=1S/C26H35N7O2/c1-4-5-13-27-25(34)24(21-9-7-6-8-10-21)31-16-14-30(15-17-31)23-12-11-22(18-28-23)32-19-29-33(20(2)3)26(32)35/h6-12,18-20,24H,4-5,13-17H2,1-3H3,(H,27,34). The molecule has 0 aliphatic carbocycles. The van der Waals surface area contributed by atoms with Crippen molar-refractivity contribution < 1.29 is 4.79 Å². The van der Waals surface area contributed by atoms with Gasteiger partial charge in [0.15, 0.2) is 0 Å². The van der Waals surface area contributed by atoms with Crippen LogP contribution in [0.4, 0.5) is 5.82 Å². The van der Waals surface area contributed by atoms with Gasteiger partial charge in [0.2, 0.25) is 5.91 Å². The van der Waals surface area contributed by atoms with Gasteiger partial charge in [0.25, 0.3) is 0 Å². The van der Waals surface area contributed by atoms with Gasteiger partial charge in [-0.15, -0.1) is 0 Å². The first-order chi connectivity index (χ1) is 17.0. The van der Waals surface area contributed by atoms with E-state index in [4.69, 9.17) is 0 Å². The summed E-state index contributed by atoms with van der Waals surface area (Å²) in [6.45, 7) is 9.72. The monoisotopic (exact) mass is 477 g/mol. The molecule has 9 nitrogen and oxygen atoms in total.